The highest BCUT2D eigenvalue weighted by atomic mass is 32.2. The van der Waals surface area contributed by atoms with Gasteiger partial charge in [0, 0.05) is 18.4 Å². The number of carbonyl (C=O) groups excluding carboxylic acids is 1. The fraction of sp³-hybridized carbons (Fsp3) is 0.333. The van der Waals surface area contributed by atoms with Crippen molar-refractivity contribution >= 4 is 23.6 Å². The molecule has 0 aliphatic carbocycles. The SMILES string of the molecule is O=C(O)C1=CS[C@@H]2/C(=C\C3=CN4NCC[C@H]4O3)C(=O)N12. The largest absolute Gasteiger partial charge is 0.477 e. The van der Waals surface area contributed by atoms with Crippen LogP contribution in [0.5, 0.6) is 0 Å². The van der Waals surface area contributed by atoms with Crippen molar-refractivity contribution in [2.45, 2.75) is 18.0 Å². The van der Waals surface area contributed by atoms with Crippen molar-refractivity contribution in [3.63, 3.8) is 0 Å². The Morgan fingerprint density at radius 1 is 1.60 bits per heavy atom. The Bertz CT molecular complexity index is 612. The second-order valence-corrected chi connectivity index (χ2v) is 5.73. The molecule has 4 aliphatic rings. The normalized spacial score (nSPS) is 32.6. The number of fused-ring (bicyclic) bond motifs is 2. The third-order valence-corrected chi connectivity index (χ3v) is 4.67. The zero-order chi connectivity index (χ0) is 13.9. The summed E-state index contributed by atoms with van der Waals surface area (Å²) in [6.45, 7) is 0.877. The summed E-state index contributed by atoms with van der Waals surface area (Å²) in [6, 6.07) is 0. The lowest BCUT2D eigenvalue weighted by atomic mass is 10.0. The number of allylic oxidation sites excluding steroid dienone is 1. The van der Waals surface area contributed by atoms with Gasteiger partial charge >= 0.3 is 5.97 Å². The molecule has 2 fully saturated rings. The number of hydrogen-bond acceptors (Lipinski definition) is 6. The first-order valence-corrected chi connectivity index (χ1v) is 7.14. The van der Waals surface area contributed by atoms with Crippen LogP contribution in [0.15, 0.2) is 34.7 Å². The van der Waals surface area contributed by atoms with Crippen molar-refractivity contribution in [3.05, 3.63) is 34.7 Å². The zero-order valence-corrected chi connectivity index (χ0v) is 11.1. The van der Waals surface area contributed by atoms with Crippen molar-refractivity contribution in [1.29, 1.82) is 0 Å². The first-order chi connectivity index (χ1) is 9.65. The molecule has 8 heteroatoms. The van der Waals surface area contributed by atoms with E-state index in [9.17, 15) is 9.59 Å². The molecule has 0 bridgehead atoms. The van der Waals surface area contributed by atoms with Gasteiger partial charge in [0.15, 0.2) is 6.23 Å². The van der Waals surface area contributed by atoms with E-state index in [1.165, 1.54) is 22.1 Å². The van der Waals surface area contributed by atoms with Gasteiger partial charge in [-0.2, -0.15) is 0 Å². The van der Waals surface area contributed by atoms with E-state index in [0.717, 1.165) is 13.0 Å². The van der Waals surface area contributed by atoms with Crippen LogP contribution in [-0.4, -0.2) is 45.0 Å². The molecule has 4 aliphatic heterocycles. The van der Waals surface area contributed by atoms with Crippen molar-refractivity contribution in [3.8, 4) is 0 Å². The maximum atomic E-state index is 12.0. The molecule has 0 aromatic rings. The van der Waals surface area contributed by atoms with E-state index in [0.29, 0.717) is 11.3 Å². The van der Waals surface area contributed by atoms with Gasteiger partial charge in [-0.15, -0.1) is 11.8 Å². The number of nitrogens with zero attached hydrogens (tertiary/aromatic N) is 2. The molecule has 1 amide bonds. The molecule has 2 atom stereocenters. The monoisotopic (exact) mass is 293 g/mol. The smallest absolute Gasteiger partial charge is 0.353 e. The van der Waals surface area contributed by atoms with Gasteiger partial charge < -0.3 is 9.84 Å². The Morgan fingerprint density at radius 2 is 2.45 bits per heavy atom. The molecule has 0 spiro atoms. The number of rotatable bonds is 2. The Morgan fingerprint density at radius 3 is 3.20 bits per heavy atom. The third kappa shape index (κ3) is 1.52. The highest BCUT2D eigenvalue weighted by Gasteiger charge is 2.49. The highest BCUT2D eigenvalue weighted by Crippen LogP contribution is 2.45. The minimum absolute atomic E-state index is 0.00271. The van der Waals surface area contributed by atoms with Crippen molar-refractivity contribution < 1.29 is 19.4 Å². The Kier molecular flexibility index (Phi) is 2.39. The molecule has 0 aromatic carbocycles. The number of β-lactam (4-membered cyclic amide) rings is 1. The van der Waals surface area contributed by atoms with Crippen LogP contribution in [0.1, 0.15) is 6.42 Å². The molecule has 0 unspecified atom stereocenters. The number of aliphatic carboxylic acids is 1. The number of nitrogens with one attached hydrogen (secondary N) is 1. The summed E-state index contributed by atoms with van der Waals surface area (Å²) in [7, 11) is 0. The van der Waals surface area contributed by atoms with Gasteiger partial charge in [-0.3, -0.25) is 14.7 Å². The lowest BCUT2D eigenvalue weighted by molar-refractivity contribution is -0.141. The summed E-state index contributed by atoms with van der Waals surface area (Å²) >= 11 is 1.33. The first-order valence-electron chi connectivity index (χ1n) is 6.19. The van der Waals surface area contributed by atoms with Crippen LogP contribution in [0.3, 0.4) is 0 Å². The second-order valence-electron chi connectivity index (χ2n) is 4.78. The number of hydrogen-bond donors (Lipinski definition) is 2. The summed E-state index contributed by atoms with van der Waals surface area (Å²) in [6.07, 6.45) is 4.42. The van der Waals surface area contributed by atoms with Crippen molar-refractivity contribution in [1.82, 2.24) is 15.3 Å². The van der Waals surface area contributed by atoms with Crippen molar-refractivity contribution in [2.24, 2.45) is 0 Å². The number of carboxylic acid groups (broad SMARTS) is 1. The minimum atomic E-state index is -1.08. The summed E-state index contributed by atoms with van der Waals surface area (Å²) in [4.78, 5) is 24.3. The second kappa shape index (κ2) is 4.03. The Balaban J connectivity index is 1.54. The lowest BCUT2D eigenvalue weighted by Gasteiger charge is -2.37. The van der Waals surface area contributed by atoms with Crippen molar-refractivity contribution in [2.75, 3.05) is 6.54 Å². The Hall–Kier alpha value is -1.93. The van der Waals surface area contributed by atoms with E-state index < -0.39 is 5.97 Å². The predicted molar refractivity (Wildman–Crippen MR) is 69.4 cm³/mol. The fourth-order valence-corrected chi connectivity index (χ4v) is 3.74. The molecule has 20 heavy (non-hydrogen) atoms. The summed E-state index contributed by atoms with van der Waals surface area (Å²) in [5.41, 5.74) is 3.78. The van der Waals surface area contributed by atoms with E-state index >= 15 is 0 Å². The van der Waals surface area contributed by atoms with Crippen LogP contribution in [-0.2, 0) is 14.3 Å². The number of ether oxygens (including phenoxy) is 1. The van der Waals surface area contributed by atoms with E-state index in [4.69, 9.17) is 9.84 Å². The van der Waals surface area contributed by atoms with E-state index in [1.807, 2.05) is 11.2 Å². The lowest BCUT2D eigenvalue weighted by Crippen LogP contribution is -2.51. The molecular formula is C12H11N3O4S. The fourth-order valence-electron chi connectivity index (χ4n) is 2.62. The molecule has 7 nitrogen and oxygen atoms in total. The summed E-state index contributed by atoms with van der Waals surface area (Å²) < 4.78 is 5.70. The molecular weight excluding hydrogens is 282 g/mol. The third-order valence-electron chi connectivity index (χ3n) is 3.59. The average Bonchev–Trinajstić information content (AvgIpc) is 3.07. The highest BCUT2D eigenvalue weighted by molar-refractivity contribution is 8.03. The predicted octanol–water partition coefficient (Wildman–Crippen LogP) is 0.162. The molecule has 4 heterocycles. The number of hydrazine groups is 1. The van der Waals surface area contributed by atoms with Crippen LogP contribution in [0, 0.1) is 0 Å². The van der Waals surface area contributed by atoms with Gasteiger partial charge in [0.1, 0.15) is 16.8 Å². The van der Waals surface area contributed by atoms with Gasteiger partial charge in [-0.25, -0.2) is 10.2 Å². The molecule has 0 radical (unpaired) electrons. The number of thioether (sulfide) groups is 1. The topological polar surface area (TPSA) is 82.1 Å². The van der Waals surface area contributed by atoms with Gasteiger partial charge in [-0.05, 0) is 6.08 Å². The molecule has 2 N–H and O–H groups in total. The van der Waals surface area contributed by atoms with Crippen LogP contribution in [0.25, 0.3) is 0 Å². The molecule has 4 rings (SSSR count). The minimum Gasteiger partial charge on any atom is -0.477 e. The maximum Gasteiger partial charge on any atom is 0.353 e. The number of amides is 1. The molecule has 2 saturated heterocycles. The first kappa shape index (κ1) is 11.9. The number of carboxylic acids is 1. The van der Waals surface area contributed by atoms with Crippen LogP contribution >= 0.6 is 11.8 Å². The van der Waals surface area contributed by atoms with Gasteiger partial charge in [0.05, 0.1) is 11.8 Å². The number of carbonyl (C=O) groups is 2. The summed E-state index contributed by atoms with van der Waals surface area (Å²) in [5.74, 6) is -0.707. The average molecular weight is 293 g/mol. The molecule has 0 aromatic heterocycles. The van der Waals surface area contributed by atoms with E-state index in [-0.39, 0.29) is 23.2 Å². The van der Waals surface area contributed by atoms with Crippen LogP contribution < -0.4 is 5.43 Å². The van der Waals surface area contributed by atoms with Crippen LogP contribution in [0.2, 0.25) is 0 Å². The quantitative estimate of drug-likeness (QED) is 0.554. The maximum absolute atomic E-state index is 12.0. The Labute approximate surface area is 118 Å². The molecule has 0 saturated carbocycles. The standard InChI is InChI=1S/C12H11N3O4S/c16-10-7(11-15(10)8(5-20-11)12(17)18)3-6-4-14-9(19-6)1-2-13-14/h3-5,9,11,13H,1-2H2,(H,17,18)/b7-3-/t9-,11-/m1/s1. The van der Waals surface area contributed by atoms with Gasteiger partial charge in [-0.1, -0.05) is 0 Å². The van der Waals surface area contributed by atoms with E-state index in [1.54, 1.807) is 6.08 Å². The molecule has 104 valence electrons. The zero-order valence-electron chi connectivity index (χ0n) is 10.3. The van der Waals surface area contributed by atoms with Gasteiger partial charge in [0.2, 0.25) is 0 Å². The van der Waals surface area contributed by atoms with Gasteiger partial charge in [0.25, 0.3) is 5.91 Å². The summed E-state index contributed by atoms with van der Waals surface area (Å²) in [5, 5.41) is 12.1. The van der Waals surface area contributed by atoms with Crippen LogP contribution in [0.4, 0.5) is 0 Å². The van der Waals surface area contributed by atoms with E-state index in [2.05, 4.69) is 5.43 Å².